The summed E-state index contributed by atoms with van der Waals surface area (Å²) in [6, 6.07) is 4.28. The van der Waals surface area contributed by atoms with Gasteiger partial charge >= 0.3 is 0 Å². The zero-order chi connectivity index (χ0) is 14.7. The van der Waals surface area contributed by atoms with Crippen LogP contribution in [0.1, 0.15) is 5.56 Å². The number of ether oxygens (including phenoxy) is 1. The molecule has 0 saturated carbocycles. The summed E-state index contributed by atoms with van der Waals surface area (Å²) in [6.45, 7) is 3.47. The summed E-state index contributed by atoms with van der Waals surface area (Å²) >= 11 is 0. The molecule has 6 nitrogen and oxygen atoms in total. The Morgan fingerprint density at radius 1 is 1.15 bits per heavy atom. The first-order chi connectivity index (χ1) is 9.51. The van der Waals surface area contributed by atoms with E-state index in [1.165, 1.54) is 24.3 Å². The van der Waals surface area contributed by atoms with E-state index in [1.54, 1.807) is 12.1 Å². The molecule has 1 aliphatic rings. The van der Waals surface area contributed by atoms with E-state index in [4.69, 9.17) is 4.74 Å². The second kappa shape index (κ2) is 5.31. The van der Waals surface area contributed by atoms with Gasteiger partial charge in [-0.25, -0.2) is 0 Å². The lowest BCUT2D eigenvalue weighted by atomic mass is 10.1. The van der Waals surface area contributed by atoms with Gasteiger partial charge in [0.2, 0.25) is 0 Å². The number of phenols is 2. The van der Waals surface area contributed by atoms with Crippen molar-refractivity contribution in [1.29, 1.82) is 0 Å². The van der Waals surface area contributed by atoms with Crippen LogP contribution in [0.2, 0.25) is 0 Å². The Morgan fingerprint density at radius 3 is 2.50 bits per heavy atom. The maximum atomic E-state index is 10.4. The number of aliphatic hydroxyl groups excluding tert-OH is 1. The fourth-order valence-electron chi connectivity index (χ4n) is 1.57. The molecule has 1 heterocycles. The van der Waals surface area contributed by atoms with Crippen molar-refractivity contribution in [2.75, 3.05) is 0 Å². The molecule has 3 N–H and O–H groups in total. The average Bonchev–Trinajstić information content (AvgIpc) is 2.40. The highest BCUT2D eigenvalue weighted by Gasteiger charge is 2.17. The highest BCUT2D eigenvalue weighted by molar-refractivity contribution is 5.57. The van der Waals surface area contributed by atoms with Crippen LogP contribution in [0.4, 0.5) is 0 Å². The highest BCUT2D eigenvalue weighted by Crippen LogP contribution is 2.28. The number of nitrogens with zero attached hydrogens (tertiary/aromatic N) is 1. The van der Waals surface area contributed by atoms with Gasteiger partial charge in [0.15, 0.2) is 28.7 Å². The lowest BCUT2D eigenvalue weighted by Gasteiger charge is -2.13. The number of allylic oxidation sites excluding steroid dienone is 2. The molecule has 0 amide bonds. The molecule has 102 valence electrons. The summed E-state index contributed by atoms with van der Waals surface area (Å²) in [5, 5.41) is 30.7. The third-order valence-electron chi connectivity index (χ3n) is 2.56. The number of phenolic OH excluding ortho intramolecular Hbond substituents is 2. The summed E-state index contributed by atoms with van der Waals surface area (Å²) in [5.41, 5.74) is 0.364. The molecule has 1 aromatic rings. The molecule has 0 aromatic heterocycles. The van der Waals surface area contributed by atoms with Crippen molar-refractivity contribution < 1.29 is 20.1 Å². The summed E-state index contributed by atoms with van der Waals surface area (Å²) in [6.07, 6.45) is 4.32. The van der Waals surface area contributed by atoms with E-state index >= 15 is 0 Å². The topological polar surface area (TPSA) is 99.3 Å². The van der Waals surface area contributed by atoms with Gasteiger partial charge in [-0.05, 0) is 28.9 Å². The van der Waals surface area contributed by atoms with E-state index in [0.29, 0.717) is 5.56 Å². The molecule has 6 heteroatoms. The molecule has 0 atom stereocenters. The van der Waals surface area contributed by atoms with Crippen molar-refractivity contribution in [2.45, 2.75) is 0 Å². The van der Waals surface area contributed by atoms with Gasteiger partial charge in [-0.15, -0.1) is 4.91 Å². The smallest absolute Gasteiger partial charge is 0.191 e. The number of rotatable bonds is 3. The largest absolute Gasteiger partial charge is 0.505 e. The molecule has 0 unspecified atom stereocenters. The third kappa shape index (κ3) is 2.69. The predicted molar refractivity (Wildman–Crippen MR) is 72.6 cm³/mol. The number of hydrogen-bond donors (Lipinski definition) is 3. The zero-order valence-corrected chi connectivity index (χ0v) is 10.3. The van der Waals surface area contributed by atoms with Crippen LogP contribution in [0.5, 0.6) is 11.5 Å². The van der Waals surface area contributed by atoms with Crippen LogP contribution in [0.3, 0.4) is 0 Å². The first kappa shape index (κ1) is 13.4. The van der Waals surface area contributed by atoms with Gasteiger partial charge in [-0.1, -0.05) is 18.7 Å². The molecule has 0 bridgehead atoms. The number of hydrogen-bond acceptors (Lipinski definition) is 6. The maximum Gasteiger partial charge on any atom is 0.191 e. The van der Waals surface area contributed by atoms with Crippen LogP contribution in [0.15, 0.2) is 65.1 Å². The van der Waals surface area contributed by atoms with Gasteiger partial charge in [0.25, 0.3) is 0 Å². The second-order valence-electron chi connectivity index (χ2n) is 3.98. The van der Waals surface area contributed by atoms with Crippen molar-refractivity contribution in [1.82, 2.24) is 0 Å². The van der Waals surface area contributed by atoms with Crippen LogP contribution in [-0.2, 0) is 4.74 Å². The summed E-state index contributed by atoms with van der Waals surface area (Å²) in [7, 11) is 0. The molecule has 0 radical (unpaired) electrons. The molecule has 0 saturated heterocycles. The summed E-state index contributed by atoms with van der Waals surface area (Å²) in [5.74, 6) is -0.582. The third-order valence-corrected chi connectivity index (χ3v) is 2.56. The van der Waals surface area contributed by atoms with Crippen LogP contribution < -0.4 is 0 Å². The summed E-state index contributed by atoms with van der Waals surface area (Å²) < 4.78 is 5.19. The zero-order valence-electron chi connectivity index (χ0n) is 10.3. The van der Waals surface area contributed by atoms with Gasteiger partial charge in [0.1, 0.15) is 5.76 Å². The fourth-order valence-corrected chi connectivity index (χ4v) is 1.57. The standard InChI is InChI=1S/C14H11NO5/c1-8-14(15-19)13(18)7-10(20-8)4-2-9-3-5-11(16)12(17)6-9/h2-7,16-18H,1H2/b4-2+. The quantitative estimate of drug-likeness (QED) is 0.580. The van der Waals surface area contributed by atoms with Gasteiger partial charge in [-0.3, -0.25) is 0 Å². The Bertz CT molecular complexity index is 670. The van der Waals surface area contributed by atoms with Gasteiger partial charge in [0, 0.05) is 6.08 Å². The Labute approximate surface area is 114 Å². The van der Waals surface area contributed by atoms with Crippen LogP contribution in [0.25, 0.3) is 6.08 Å². The first-order valence-electron chi connectivity index (χ1n) is 5.56. The van der Waals surface area contributed by atoms with E-state index in [9.17, 15) is 20.2 Å². The molecule has 0 aliphatic carbocycles. The van der Waals surface area contributed by atoms with Crippen molar-refractivity contribution in [3.63, 3.8) is 0 Å². The molecule has 2 rings (SSSR count). The SMILES string of the molecule is C=C1OC(/C=C/c2ccc(O)c(O)c2)=CC(O)=C1N=O. The van der Waals surface area contributed by atoms with E-state index in [1.807, 2.05) is 0 Å². The Hall–Kier alpha value is -3.02. The lowest BCUT2D eigenvalue weighted by Crippen LogP contribution is -2.02. The van der Waals surface area contributed by atoms with Crippen molar-refractivity contribution in [3.8, 4) is 11.5 Å². The van der Waals surface area contributed by atoms with Crippen LogP contribution in [0, 0.1) is 4.91 Å². The minimum atomic E-state index is -0.329. The molecular weight excluding hydrogens is 262 g/mol. The van der Waals surface area contributed by atoms with Gasteiger partial charge in [-0.2, -0.15) is 0 Å². The monoisotopic (exact) mass is 273 g/mol. The number of benzene rings is 1. The second-order valence-corrected chi connectivity index (χ2v) is 3.98. The van der Waals surface area contributed by atoms with E-state index in [0.717, 1.165) is 0 Å². The first-order valence-corrected chi connectivity index (χ1v) is 5.56. The van der Waals surface area contributed by atoms with Crippen molar-refractivity contribution in [2.24, 2.45) is 5.18 Å². The molecule has 0 fully saturated rings. The fraction of sp³-hybridized carbons (Fsp3) is 0. The van der Waals surface area contributed by atoms with E-state index in [2.05, 4.69) is 11.8 Å². The van der Waals surface area contributed by atoms with Crippen molar-refractivity contribution in [3.05, 3.63) is 70.4 Å². The molecular formula is C14H11NO5. The number of aliphatic hydroxyl groups is 1. The molecule has 20 heavy (non-hydrogen) atoms. The van der Waals surface area contributed by atoms with Gasteiger partial charge in [0.05, 0.1) is 0 Å². The maximum absolute atomic E-state index is 10.4. The van der Waals surface area contributed by atoms with Crippen molar-refractivity contribution >= 4 is 6.08 Å². The lowest BCUT2D eigenvalue weighted by molar-refractivity contribution is 0.304. The highest BCUT2D eigenvalue weighted by atomic mass is 16.5. The number of nitroso groups, excluding NO2 is 1. The van der Waals surface area contributed by atoms with Crippen LogP contribution >= 0.6 is 0 Å². The van der Waals surface area contributed by atoms with E-state index in [-0.39, 0.29) is 34.5 Å². The predicted octanol–water partition coefficient (Wildman–Crippen LogP) is 3.07. The summed E-state index contributed by atoms with van der Waals surface area (Å²) in [4.78, 5) is 10.4. The molecule has 0 spiro atoms. The Morgan fingerprint density at radius 2 is 1.90 bits per heavy atom. The Kier molecular flexibility index (Phi) is 3.56. The van der Waals surface area contributed by atoms with Crippen LogP contribution in [-0.4, -0.2) is 15.3 Å². The average molecular weight is 273 g/mol. The van der Waals surface area contributed by atoms with Gasteiger partial charge < -0.3 is 20.1 Å². The molecule has 1 aromatic carbocycles. The minimum Gasteiger partial charge on any atom is -0.505 e. The normalized spacial score (nSPS) is 15.2. The molecule has 1 aliphatic heterocycles. The number of aromatic hydroxyl groups is 2. The Balaban J connectivity index is 2.24. The minimum absolute atomic E-state index is 0.0480. The van der Waals surface area contributed by atoms with E-state index < -0.39 is 0 Å².